The number of rotatable bonds is 3. The SMILES string of the molecule is CCn1c2ccccc2c2cccc(-c3c[nH+]ccc3-c3cc[nH+]cc3)c21.[Cl-].[Cl-]. The summed E-state index contributed by atoms with van der Waals surface area (Å²) in [7, 11) is 0. The third-order valence-electron chi connectivity index (χ3n) is 5.29. The highest BCUT2D eigenvalue weighted by atomic mass is 35.5. The monoisotopic (exact) mass is 421 g/mol. The molecule has 5 aromatic rings. The Bertz CT molecular complexity index is 1260. The minimum atomic E-state index is 0. The zero-order valence-electron chi connectivity index (χ0n) is 16.0. The molecule has 2 N–H and O–H groups in total. The maximum atomic E-state index is 3.29. The number of fused-ring (bicyclic) bond motifs is 3. The fraction of sp³-hybridized carbons (Fsp3) is 0.0833. The molecule has 3 nitrogen and oxygen atoms in total. The van der Waals surface area contributed by atoms with Gasteiger partial charge in [0.05, 0.1) is 11.1 Å². The molecule has 0 aliphatic heterocycles. The van der Waals surface area contributed by atoms with Crippen LogP contribution in [0.3, 0.4) is 0 Å². The average Bonchev–Trinajstić information content (AvgIpc) is 3.08. The number of nitrogens with zero attached hydrogens (tertiary/aromatic N) is 1. The van der Waals surface area contributed by atoms with Crippen LogP contribution in [0.2, 0.25) is 0 Å². The summed E-state index contributed by atoms with van der Waals surface area (Å²) in [5.41, 5.74) is 7.48. The third-order valence-corrected chi connectivity index (χ3v) is 5.29. The molecule has 0 saturated heterocycles. The van der Waals surface area contributed by atoms with Crippen LogP contribution in [0.15, 0.2) is 85.5 Å². The number of hydrogen-bond donors (Lipinski definition) is 0. The number of para-hydroxylation sites is 2. The molecule has 0 bridgehead atoms. The highest BCUT2D eigenvalue weighted by Crippen LogP contribution is 2.38. The number of benzene rings is 2. The number of aromatic nitrogens is 3. The van der Waals surface area contributed by atoms with E-state index in [-0.39, 0.29) is 24.8 Å². The van der Waals surface area contributed by atoms with Crippen molar-refractivity contribution in [3.05, 3.63) is 85.5 Å². The van der Waals surface area contributed by atoms with Crippen molar-refractivity contribution in [2.75, 3.05) is 0 Å². The Morgan fingerprint density at radius 3 is 2.21 bits per heavy atom. The van der Waals surface area contributed by atoms with Gasteiger partial charge in [-0.15, -0.1) is 0 Å². The number of aryl methyl sites for hydroxylation is 1. The fourth-order valence-electron chi connectivity index (χ4n) is 4.13. The van der Waals surface area contributed by atoms with E-state index in [1.807, 2.05) is 18.6 Å². The van der Waals surface area contributed by atoms with Gasteiger partial charge in [-0.25, -0.2) is 9.97 Å². The molecule has 29 heavy (non-hydrogen) atoms. The number of pyridine rings is 2. The summed E-state index contributed by atoms with van der Waals surface area (Å²) in [6, 6.07) is 21.7. The molecule has 0 atom stereocenters. The number of H-pyrrole nitrogens is 2. The van der Waals surface area contributed by atoms with Crippen LogP contribution >= 0.6 is 0 Å². The first-order chi connectivity index (χ1) is 13.4. The second kappa shape index (κ2) is 8.64. The highest BCUT2D eigenvalue weighted by molar-refractivity contribution is 6.13. The van der Waals surface area contributed by atoms with E-state index in [9.17, 15) is 0 Å². The molecule has 5 rings (SSSR count). The Labute approximate surface area is 182 Å². The van der Waals surface area contributed by atoms with Crippen molar-refractivity contribution in [1.82, 2.24) is 4.57 Å². The van der Waals surface area contributed by atoms with Crippen molar-refractivity contribution in [2.24, 2.45) is 0 Å². The van der Waals surface area contributed by atoms with Gasteiger partial charge in [0.25, 0.3) is 0 Å². The topological polar surface area (TPSA) is 33.2 Å². The van der Waals surface area contributed by atoms with Crippen molar-refractivity contribution >= 4 is 21.8 Å². The van der Waals surface area contributed by atoms with Gasteiger partial charge < -0.3 is 29.4 Å². The van der Waals surface area contributed by atoms with Crippen LogP contribution < -0.4 is 34.8 Å². The van der Waals surface area contributed by atoms with Crippen molar-refractivity contribution in [3.8, 4) is 22.3 Å². The van der Waals surface area contributed by atoms with Crippen molar-refractivity contribution < 1.29 is 34.8 Å². The average molecular weight is 422 g/mol. The van der Waals surface area contributed by atoms with Gasteiger partial charge in [-0.3, -0.25) is 0 Å². The predicted molar refractivity (Wildman–Crippen MR) is 109 cm³/mol. The zero-order chi connectivity index (χ0) is 18.2. The van der Waals surface area contributed by atoms with Gasteiger partial charge in [0, 0.05) is 52.2 Å². The Hall–Kier alpha value is -2.88. The molecule has 2 aromatic carbocycles. The third kappa shape index (κ3) is 3.37. The van der Waals surface area contributed by atoms with Gasteiger partial charge in [-0.2, -0.15) is 0 Å². The lowest BCUT2D eigenvalue weighted by Gasteiger charge is -2.11. The summed E-state index contributed by atoms with van der Waals surface area (Å²) in [5, 5.41) is 2.62. The van der Waals surface area contributed by atoms with E-state index in [0.29, 0.717) is 0 Å². The standard InChI is InChI=1S/C24H19N3.2ClH/c1-2-27-23-9-4-3-6-19(23)20-7-5-8-21(24(20)27)22-16-26-15-12-18(22)17-10-13-25-14-11-17;;/h3-16H,2H2,1H3;2*1H. The van der Waals surface area contributed by atoms with Crippen LogP contribution in [-0.2, 0) is 6.54 Å². The number of aromatic amines is 2. The van der Waals surface area contributed by atoms with Crippen LogP contribution in [0.4, 0.5) is 0 Å². The molecule has 0 aliphatic rings. The van der Waals surface area contributed by atoms with Crippen LogP contribution in [-0.4, -0.2) is 4.57 Å². The second-order valence-electron chi connectivity index (χ2n) is 6.72. The van der Waals surface area contributed by atoms with Crippen molar-refractivity contribution in [3.63, 3.8) is 0 Å². The summed E-state index contributed by atoms with van der Waals surface area (Å²) >= 11 is 0. The first kappa shape index (κ1) is 20.8. The van der Waals surface area contributed by atoms with Crippen molar-refractivity contribution in [2.45, 2.75) is 13.5 Å². The van der Waals surface area contributed by atoms with E-state index >= 15 is 0 Å². The normalized spacial score (nSPS) is 10.5. The number of halogens is 2. The smallest absolute Gasteiger partial charge is 0.175 e. The van der Waals surface area contributed by atoms with E-state index in [1.54, 1.807) is 0 Å². The number of hydrogen-bond acceptors (Lipinski definition) is 0. The van der Waals surface area contributed by atoms with Gasteiger partial charge >= 0.3 is 0 Å². The van der Waals surface area contributed by atoms with Crippen molar-refractivity contribution in [1.29, 1.82) is 0 Å². The fourth-order valence-corrected chi connectivity index (χ4v) is 4.13. The lowest BCUT2D eigenvalue weighted by atomic mass is 9.95. The molecule has 3 aromatic heterocycles. The number of nitrogens with one attached hydrogen (secondary N) is 2. The molecule has 0 unspecified atom stereocenters. The highest BCUT2D eigenvalue weighted by Gasteiger charge is 2.18. The lowest BCUT2D eigenvalue weighted by molar-refractivity contribution is -0.378. The molecule has 0 fully saturated rings. The second-order valence-corrected chi connectivity index (χ2v) is 6.72. The van der Waals surface area contributed by atoms with E-state index < -0.39 is 0 Å². The molecule has 0 aliphatic carbocycles. The first-order valence-electron chi connectivity index (χ1n) is 9.35. The van der Waals surface area contributed by atoms with E-state index in [4.69, 9.17) is 0 Å². The van der Waals surface area contributed by atoms with Crippen LogP contribution in [0.1, 0.15) is 6.92 Å². The molecule has 0 saturated carbocycles. The minimum absolute atomic E-state index is 0. The van der Waals surface area contributed by atoms with E-state index in [0.717, 1.165) is 6.54 Å². The zero-order valence-corrected chi connectivity index (χ0v) is 17.5. The predicted octanol–water partition coefficient (Wildman–Crippen LogP) is -1.22. The Morgan fingerprint density at radius 2 is 1.41 bits per heavy atom. The van der Waals surface area contributed by atoms with E-state index in [1.165, 1.54) is 44.1 Å². The molecule has 5 heteroatoms. The maximum Gasteiger partial charge on any atom is 0.175 e. The quantitative estimate of drug-likeness (QED) is 0.350. The van der Waals surface area contributed by atoms with Crippen LogP contribution in [0, 0.1) is 0 Å². The summed E-state index contributed by atoms with van der Waals surface area (Å²) < 4.78 is 2.43. The summed E-state index contributed by atoms with van der Waals surface area (Å²) in [6.45, 7) is 3.15. The van der Waals surface area contributed by atoms with Gasteiger partial charge in [0.2, 0.25) is 0 Å². The molecule has 0 radical (unpaired) electrons. The summed E-state index contributed by atoms with van der Waals surface area (Å²) in [6.07, 6.45) is 8.04. The molecule has 3 heterocycles. The molecule has 0 amide bonds. The molecule has 146 valence electrons. The molecular formula is C24H21Cl2N3. The Balaban J connectivity index is 0.00000120. The first-order valence-corrected chi connectivity index (χ1v) is 9.35. The largest absolute Gasteiger partial charge is 1.00 e. The molecule has 0 spiro atoms. The summed E-state index contributed by atoms with van der Waals surface area (Å²) in [5.74, 6) is 0. The van der Waals surface area contributed by atoms with Crippen LogP contribution in [0.25, 0.3) is 44.1 Å². The van der Waals surface area contributed by atoms with Crippen LogP contribution in [0.5, 0.6) is 0 Å². The van der Waals surface area contributed by atoms with Gasteiger partial charge in [0.15, 0.2) is 24.8 Å². The van der Waals surface area contributed by atoms with Gasteiger partial charge in [0.1, 0.15) is 0 Å². The summed E-state index contributed by atoms with van der Waals surface area (Å²) in [4.78, 5) is 6.40. The minimum Gasteiger partial charge on any atom is -1.00 e. The lowest BCUT2D eigenvalue weighted by Crippen LogP contribution is -3.00. The molecular weight excluding hydrogens is 401 g/mol. The maximum absolute atomic E-state index is 3.29. The van der Waals surface area contributed by atoms with E-state index in [2.05, 4.69) is 88.3 Å². The van der Waals surface area contributed by atoms with Gasteiger partial charge in [-0.05, 0) is 18.6 Å². The van der Waals surface area contributed by atoms with Gasteiger partial charge in [-0.1, -0.05) is 36.4 Å². The Kier molecular flexibility index (Phi) is 6.21. The Morgan fingerprint density at radius 1 is 0.690 bits per heavy atom.